The zero-order valence-corrected chi connectivity index (χ0v) is 12.7. The Balaban J connectivity index is 0.000000286. The number of H-pyrrole nitrogens is 1. The molecule has 4 nitrogen and oxygen atoms in total. The minimum atomic E-state index is -0.139. The number of aldehydes is 1. The van der Waals surface area contributed by atoms with Crippen LogP contribution in [-0.4, -0.2) is 23.4 Å². The molecule has 0 aliphatic rings. The van der Waals surface area contributed by atoms with Crippen LogP contribution in [-0.2, 0) is 4.79 Å². The molecule has 0 amide bonds. The van der Waals surface area contributed by atoms with Crippen molar-refractivity contribution in [3.05, 3.63) is 30.1 Å². The van der Waals surface area contributed by atoms with Gasteiger partial charge in [0.15, 0.2) is 0 Å². The Bertz CT molecular complexity index is 592. The molecular formula is C16H22N2O2. The van der Waals surface area contributed by atoms with Crippen molar-refractivity contribution in [1.29, 1.82) is 0 Å². The molecule has 0 spiro atoms. The Morgan fingerprint density at radius 3 is 2.45 bits per heavy atom. The van der Waals surface area contributed by atoms with Gasteiger partial charge in [0.1, 0.15) is 6.29 Å². The first-order valence-electron chi connectivity index (χ1n) is 6.51. The highest BCUT2D eigenvalue weighted by Gasteiger charge is 2.04. The van der Waals surface area contributed by atoms with Crippen molar-refractivity contribution in [2.45, 2.75) is 27.7 Å². The van der Waals surface area contributed by atoms with Crippen LogP contribution in [0.1, 0.15) is 33.4 Å². The lowest BCUT2D eigenvalue weighted by atomic mass is 10.0. The molecule has 0 aliphatic carbocycles. The number of pyridine rings is 1. The minimum absolute atomic E-state index is 0.139. The average Bonchev–Trinajstić information content (AvgIpc) is 2.80. The van der Waals surface area contributed by atoms with E-state index in [0.717, 1.165) is 22.9 Å². The minimum Gasteiger partial charge on any atom is -0.481 e. The highest BCUT2D eigenvalue weighted by molar-refractivity contribution is 5.82. The van der Waals surface area contributed by atoms with Gasteiger partial charge in [0.25, 0.3) is 0 Å². The van der Waals surface area contributed by atoms with E-state index in [1.807, 2.05) is 45.9 Å². The summed E-state index contributed by atoms with van der Waals surface area (Å²) in [4.78, 5) is 17.2. The molecule has 0 fully saturated rings. The number of carbonyl (C=O) groups excluding carboxylic acids is 1. The standard InChI is InChI=1S/C11H12N2O.C5H10O/c1-3-4-9-5-8-6-11(14-2)12-7-10(8)13-9;1-5(2,3)4-6/h3-7,13H,1-2H3;4H,1-3H3/b4-3+;. The molecule has 1 N–H and O–H groups in total. The molecule has 0 bridgehead atoms. The molecule has 0 aromatic carbocycles. The molecule has 2 aromatic rings. The average molecular weight is 274 g/mol. The summed E-state index contributed by atoms with van der Waals surface area (Å²) in [5.74, 6) is 0.642. The van der Waals surface area contributed by atoms with Crippen LogP contribution in [0.15, 0.2) is 24.4 Å². The van der Waals surface area contributed by atoms with Gasteiger partial charge in [-0.15, -0.1) is 0 Å². The summed E-state index contributed by atoms with van der Waals surface area (Å²) in [6.07, 6.45) is 6.73. The quantitative estimate of drug-likeness (QED) is 0.847. The molecule has 2 rings (SSSR count). The molecule has 20 heavy (non-hydrogen) atoms. The number of carbonyl (C=O) groups is 1. The van der Waals surface area contributed by atoms with Gasteiger partial charge in [0.05, 0.1) is 18.8 Å². The van der Waals surface area contributed by atoms with Gasteiger partial charge in [-0.25, -0.2) is 4.98 Å². The SMILES string of the molecule is C/C=C/c1cc2cc(OC)ncc2[nH]1.CC(C)(C)C=O. The molecule has 2 heterocycles. The first-order chi connectivity index (χ1) is 9.39. The van der Waals surface area contributed by atoms with Crippen LogP contribution in [0.4, 0.5) is 0 Å². The maximum Gasteiger partial charge on any atom is 0.213 e. The third-order valence-corrected chi connectivity index (χ3v) is 2.41. The van der Waals surface area contributed by atoms with Gasteiger partial charge >= 0.3 is 0 Å². The summed E-state index contributed by atoms with van der Waals surface area (Å²) < 4.78 is 5.05. The molecular weight excluding hydrogens is 252 g/mol. The number of methoxy groups -OCH3 is 1. The van der Waals surface area contributed by atoms with Crippen molar-refractivity contribution < 1.29 is 9.53 Å². The summed E-state index contributed by atoms with van der Waals surface area (Å²) >= 11 is 0. The van der Waals surface area contributed by atoms with E-state index in [1.54, 1.807) is 13.3 Å². The molecule has 2 aromatic heterocycles. The predicted molar refractivity (Wildman–Crippen MR) is 82.9 cm³/mol. The Morgan fingerprint density at radius 1 is 1.30 bits per heavy atom. The highest BCUT2D eigenvalue weighted by Crippen LogP contribution is 2.19. The zero-order chi connectivity index (χ0) is 15.2. The number of aromatic amines is 1. The third kappa shape index (κ3) is 4.88. The molecule has 0 atom stereocenters. The van der Waals surface area contributed by atoms with Gasteiger partial charge in [-0.1, -0.05) is 26.8 Å². The largest absolute Gasteiger partial charge is 0.481 e. The van der Waals surface area contributed by atoms with Crippen LogP contribution >= 0.6 is 0 Å². The van der Waals surface area contributed by atoms with Gasteiger partial charge in [-0.2, -0.15) is 0 Å². The van der Waals surface area contributed by atoms with Crippen LogP contribution in [0.3, 0.4) is 0 Å². The van der Waals surface area contributed by atoms with Gasteiger partial charge < -0.3 is 14.5 Å². The molecule has 108 valence electrons. The number of ether oxygens (including phenoxy) is 1. The maximum atomic E-state index is 9.83. The number of allylic oxidation sites excluding steroid dienone is 1. The number of nitrogens with one attached hydrogen (secondary N) is 1. The van der Waals surface area contributed by atoms with Gasteiger partial charge in [0, 0.05) is 22.6 Å². The number of fused-ring (bicyclic) bond motifs is 1. The predicted octanol–water partition coefficient (Wildman–Crippen LogP) is 3.84. The lowest BCUT2D eigenvalue weighted by Gasteiger charge is -2.03. The first-order valence-corrected chi connectivity index (χ1v) is 6.51. The number of aromatic nitrogens is 2. The Labute approximate surface area is 119 Å². The third-order valence-electron chi connectivity index (χ3n) is 2.41. The van der Waals surface area contributed by atoms with Crippen LogP contribution in [0.5, 0.6) is 5.88 Å². The topological polar surface area (TPSA) is 55.0 Å². The fourth-order valence-corrected chi connectivity index (χ4v) is 1.41. The van der Waals surface area contributed by atoms with Crippen LogP contribution in [0.2, 0.25) is 0 Å². The lowest BCUT2D eigenvalue weighted by molar-refractivity contribution is -0.113. The molecule has 0 aliphatic heterocycles. The number of hydrogen-bond donors (Lipinski definition) is 1. The van der Waals surface area contributed by atoms with Crippen LogP contribution in [0, 0.1) is 5.41 Å². The number of rotatable bonds is 2. The van der Waals surface area contributed by atoms with E-state index in [2.05, 4.69) is 16.0 Å². The fraction of sp³-hybridized carbons (Fsp3) is 0.375. The van der Waals surface area contributed by atoms with E-state index in [1.165, 1.54) is 0 Å². The molecule has 0 saturated heterocycles. The van der Waals surface area contributed by atoms with Crippen molar-refractivity contribution in [2.75, 3.05) is 7.11 Å². The summed E-state index contributed by atoms with van der Waals surface area (Å²) in [5, 5.41) is 1.12. The smallest absolute Gasteiger partial charge is 0.213 e. The second kappa shape index (κ2) is 6.89. The van der Waals surface area contributed by atoms with Crippen molar-refractivity contribution in [3.63, 3.8) is 0 Å². The maximum absolute atomic E-state index is 9.83. The second-order valence-electron chi connectivity index (χ2n) is 5.52. The lowest BCUT2D eigenvalue weighted by Crippen LogP contribution is -2.04. The van der Waals surface area contributed by atoms with E-state index < -0.39 is 0 Å². The van der Waals surface area contributed by atoms with Crippen molar-refractivity contribution in [1.82, 2.24) is 9.97 Å². The van der Waals surface area contributed by atoms with E-state index in [9.17, 15) is 4.79 Å². The van der Waals surface area contributed by atoms with Crippen LogP contribution < -0.4 is 4.74 Å². The number of nitrogens with zero attached hydrogens (tertiary/aromatic N) is 1. The molecule has 4 heteroatoms. The zero-order valence-electron chi connectivity index (χ0n) is 12.7. The van der Waals surface area contributed by atoms with Crippen LogP contribution in [0.25, 0.3) is 17.0 Å². The summed E-state index contributed by atoms with van der Waals surface area (Å²) in [7, 11) is 1.62. The molecule has 0 unspecified atom stereocenters. The summed E-state index contributed by atoms with van der Waals surface area (Å²) in [5.41, 5.74) is 1.97. The Kier molecular flexibility index (Phi) is 5.50. The van der Waals surface area contributed by atoms with E-state index >= 15 is 0 Å². The summed E-state index contributed by atoms with van der Waals surface area (Å²) in [6, 6.07) is 3.98. The van der Waals surface area contributed by atoms with Crippen molar-refractivity contribution in [3.8, 4) is 5.88 Å². The molecule has 0 radical (unpaired) electrons. The first kappa shape index (κ1) is 16.0. The van der Waals surface area contributed by atoms with Gasteiger partial charge in [-0.05, 0) is 19.1 Å². The van der Waals surface area contributed by atoms with Crippen molar-refractivity contribution in [2.24, 2.45) is 5.41 Å². The normalized spacial score (nSPS) is 11.2. The van der Waals surface area contributed by atoms with E-state index in [0.29, 0.717) is 5.88 Å². The van der Waals surface area contributed by atoms with Gasteiger partial charge in [-0.3, -0.25) is 0 Å². The Hall–Kier alpha value is -2.10. The van der Waals surface area contributed by atoms with Crippen molar-refractivity contribution >= 4 is 23.3 Å². The molecule has 0 saturated carbocycles. The second-order valence-corrected chi connectivity index (χ2v) is 5.52. The Morgan fingerprint density at radius 2 is 1.95 bits per heavy atom. The number of hydrogen-bond acceptors (Lipinski definition) is 3. The highest BCUT2D eigenvalue weighted by atomic mass is 16.5. The van der Waals surface area contributed by atoms with E-state index in [4.69, 9.17) is 4.74 Å². The monoisotopic (exact) mass is 274 g/mol. The fourth-order valence-electron chi connectivity index (χ4n) is 1.41. The van der Waals surface area contributed by atoms with E-state index in [-0.39, 0.29) is 5.41 Å². The summed E-state index contributed by atoms with van der Waals surface area (Å²) in [6.45, 7) is 7.62. The van der Waals surface area contributed by atoms with Gasteiger partial charge in [0.2, 0.25) is 5.88 Å².